The minimum Gasteiger partial charge on any atom is -0.493 e. The van der Waals surface area contributed by atoms with Crippen molar-refractivity contribution >= 4 is 12.1 Å². The van der Waals surface area contributed by atoms with Gasteiger partial charge in [-0.2, -0.15) is 0 Å². The molecule has 2 fully saturated rings. The zero-order valence-electron chi connectivity index (χ0n) is 15.5. The van der Waals surface area contributed by atoms with Gasteiger partial charge in [0.15, 0.2) is 11.5 Å². The first kappa shape index (κ1) is 18.2. The smallest absolute Gasteiger partial charge is 0.410 e. The number of benzene rings is 1. The lowest BCUT2D eigenvalue weighted by atomic mass is 10.1. The van der Waals surface area contributed by atoms with Crippen molar-refractivity contribution in [1.82, 2.24) is 15.1 Å². The van der Waals surface area contributed by atoms with E-state index >= 15 is 0 Å². The molecule has 0 saturated carbocycles. The molecule has 0 aromatic heterocycles. The van der Waals surface area contributed by atoms with Gasteiger partial charge in [0.25, 0.3) is 0 Å². The van der Waals surface area contributed by atoms with Gasteiger partial charge in [-0.25, -0.2) is 9.59 Å². The van der Waals surface area contributed by atoms with Crippen LogP contribution in [-0.2, 0) is 11.3 Å². The number of hydrogen-bond donors (Lipinski definition) is 1. The number of likely N-dealkylation sites (tertiary alicyclic amines) is 1. The molecule has 1 N–H and O–H groups in total. The van der Waals surface area contributed by atoms with Gasteiger partial charge in [-0.05, 0) is 31.5 Å². The number of hydrogen-bond acceptors (Lipinski definition) is 5. The highest BCUT2D eigenvalue weighted by Gasteiger charge is 2.48. The fourth-order valence-electron chi connectivity index (χ4n) is 3.37. The van der Waals surface area contributed by atoms with E-state index in [1.54, 1.807) is 24.0 Å². The molecule has 8 heteroatoms. The van der Waals surface area contributed by atoms with Crippen molar-refractivity contribution in [3.8, 4) is 11.5 Å². The van der Waals surface area contributed by atoms with Crippen LogP contribution >= 0.6 is 0 Å². The number of nitrogens with zero attached hydrogens (tertiary/aromatic N) is 2. The van der Waals surface area contributed by atoms with Crippen LogP contribution in [0.5, 0.6) is 11.5 Å². The van der Waals surface area contributed by atoms with Gasteiger partial charge in [0.1, 0.15) is 6.10 Å². The van der Waals surface area contributed by atoms with Gasteiger partial charge in [0.05, 0.1) is 26.8 Å². The quantitative estimate of drug-likeness (QED) is 0.863. The van der Waals surface area contributed by atoms with Gasteiger partial charge < -0.3 is 24.4 Å². The Labute approximate surface area is 153 Å². The number of ether oxygens (including phenoxy) is 3. The highest BCUT2D eigenvalue weighted by Crippen LogP contribution is 2.31. The van der Waals surface area contributed by atoms with E-state index in [1.807, 2.05) is 32.0 Å². The Kier molecular flexibility index (Phi) is 5.11. The zero-order chi connectivity index (χ0) is 18.8. The first-order valence-corrected chi connectivity index (χ1v) is 8.66. The Balaban J connectivity index is 1.71. The Morgan fingerprint density at radius 3 is 2.65 bits per heavy atom. The van der Waals surface area contributed by atoms with Crippen LogP contribution in [0.3, 0.4) is 0 Å². The van der Waals surface area contributed by atoms with Crippen LogP contribution in [0.4, 0.5) is 9.59 Å². The molecule has 2 saturated heterocycles. The lowest BCUT2D eigenvalue weighted by Crippen LogP contribution is -2.44. The molecule has 8 nitrogen and oxygen atoms in total. The number of rotatable bonds is 5. The number of carbonyl (C=O) groups excluding carboxylic acids is 2. The highest BCUT2D eigenvalue weighted by atomic mass is 16.6. The van der Waals surface area contributed by atoms with E-state index in [1.165, 1.54) is 0 Å². The Hall–Kier alpha value is -2.64. The summed E-state index contributed by atoms with van der Waals surface area (Å²) in [5, 5.41) is 2.88. The van der Waals surface area contributed by atoms with Crippen LogP contribution in [0.2, 0.25) is 0 Å². The molecular formula is C18H25N3O5. The SMILES string of the molecule is COc1ccc(CN2C(=O)O[C@H]3CN(C(=O)NC(C)C)C[C@H]32)cc1OC. The molecule has 2 aliphatic rings. The van der Waals surface area contributed by atoms with Crippen LogP contribution < -0.4 is 14.8 Å². The van der Waals surface area contributed by atoms with Crippen molar-refractivity contribution in [2.45, 2.75) is 38.6 Å². The monoisotopic (exact) mass is 363 g/mol. The minimum atomic E-state index is -0.348. The predicted octanol–water partition coefficient (Wildman–Crippen LogP) is 1.83. The van der Waals surface area contributed by atoms with Gasteiger partial charge in [0, 0.05) is 19.1 Å². The molecule has 0 bridgehead atoms. The zero-order valence-corrected chi connectivity index (χ0v) is 15.5. The molecule has 0 aliphatic carbocycles. The second-order valence-corrected chi connectivity index (χ2v) is 6.82. The van der Waals surface area contributed by atoms with E-state index in [-0.39, 0.29) is 30.3 Å². The summed E-state index contributed by atoms with van der Waals surface area (Å²) in [7, 11) is 3.15. The molecule has 0 spiro atoms. The van der Waals surface area contributed by atoms with Crippen molar-refractivity contribution in [1.29, 1.82) is 0 Å². The van der Waals surface area contributed by atoms with Crippen molar-refractivity contribution < 1.29 is 23.8 Å². The summed E-state index contributed by atoms with van der Waals surface area (Å²) in [5.41, 5.74) is 0.908. The summed E-state index contributed by atoms with van der Waals surface area (Å²) in [6, 6.07) is 5.33. The molecule has 3 rings (SSSR count). The van der Waals surface area contributed by atoms with E-state index < -0.39 is 0 Å². The second kappa shape index (κ2) is 7.31. The Bertz CT molecular complexity index is 693. The van der Waals surface area contributed by atoms with Gasteiger partial charge in [0.2, 0.25) is 0 Å². The van der Waals surface area contributed by atoms with Gasteiger partial charge in [-0.15, -0.1) is 0 Å². The second-order valence-electron chi connectivity index (χ2n) is 6.82. The third-order valence-corrected chi connectivity index (χ3v) is 4.62. The van der Waals surface area contributed by atoms with E-state index in [9.17, 15) is 9.59 Å². The molecule has 26 heavy (non-hydrogen) atoms. The van der Waals surface area contributed by atoms with Crippen LogP contribution in [0.1, 0.15) is 19.4 Å². The summed E-state index contributed by atoms with van der Waals surface area (Å²) in [6.07, 6.45) is -0.640. The number of amides is 3. The molecule has 0 radical (unpaired) electrons. The average molecular weight is 363 g/mol. The largest absolute Gasteiger partial charge is 0.493 e. The van der Waals surface area contributed by atoms with Crippen LogP contribution in [0, 0.1) is 0 Å². The lowest BCUT2D eigenvalue weighted by molar-refractivity contribution is 0.122. The molecule has 1 aromatic carbocycles. The molecule has 0 unspecified atom stereocenters. The van der Waals surface area contributed by atoms with Gasteiger partial charge in [-0.3, -0.25) is 4.90 Å². The molecule has 2 heterocycles. The van der Waals surface area contributed by atoms with Gasteiger partial charge >= 0.3 is 12.1 Å². The number of urea groups is 1. The molecular weight excluding hydrogens is 338 g/mol. The topological polar surface area (TPSA) is 80.3 Å². The maximum absolute atomic E-state index is 12.3. The van der Waals surface area contributed by atoms with E-state index in [0.717, 1.165) is 5.56 Å². The van der Waals surface area contributed by atoms with Crippen LogP contribution in [-0.4, -0.2) is 67.4 Å². The molecule has 2 aliphatic heterocycles. The van der Waals surface area contributed by atoms with Crippen LogP contribution in [0.25, 0.3) is 0 Å². The molecule has 2 atom stereocenters. The molecule has 142 valence electrons. The number of fused-ring (bicyclic) bond motifs is 1. The first-order chi connectivity index (χ1) is 12.4. The summed E-state index contributed by atoms with van der Waals surface area (Å²) in [6.45, 7) is 5.09. The summed E-state index contributed by atoms with van der Waals surface area (Å²) >= 11 is 0. The summed E-state index contributed by atoms with van der Waals surface area (Å²) in [5.74, 6) is 1.24. The maximum atomic E-state index is 12.3. The average Bonchev–Trinajstić information content (AvgIpc) is 3.13. The van der Waals surface area contributed by atoms with Gasteiger partial charge in [-0.1, -0.05) is 6.07 Å². The Morgan fingerprint density at radius 2 is 2.00 bits per heavy atom. The fourth-order valence-corrected chi connectivity index (χ4v) is 3.37. The van der Waals surface area contributed by atoms with E-state index in [4.69, 9.17) is 14.2 Å². The van der Waals surface area contributed by atoms with Crippen LogP contribution in [0.15, 0.2) is 18.2 Å². The third-order valence-electron chi connectivity index (χ3n) is 4.62. The van der Waals surface area contributed by atoms with E-state index in [0.29, 0.717) is 31.1 Å². The summed E-state index contributed by atoms with van der Waals surface area (Å²) in [4.78, 5) is 27.8. The Morgan fingerprint density at radius 1 is 1.27 bits per heavy atom. The normalized spacial score (nSPS) is 21.7. The van der Waals surface area contributed by atoms with Crippen molar-refractivity contribution in [3.05, 3.63) is 23.8 Å². The fraction of sp³-hybridized carbons (Fsp3) is 0.556. The van der Waals surface area contributed by atoms with Crippen molar-refractivity contribution in [2.24, 2.45) is 0 Å². The third kappa shape index (κ3) is 3.49. The summed E-state index contributed by atoms with van der Waals surface area (Å²) < 4.78 is 16.0. The molecule has 1 aromatic rings. The maximum Gasteiger partial charge on any atom is 0.410 e. The molecule has 3 amide bonds. The number of carbonyl (C=O) groups is 2. The standard InChI is InChI=1S/C18H25N3O5/c1-11(2)19-17(22)20-9-13-16(10-20)26-18(23)21(13)8-12-5-6-14(24-3)15(7-12)25-4/h5-7,11,13,16H,8-10H2,1-4H3,(H,19,22)/t13-,16+/m1/s1. The number of methoxy groups -OCH3 is 2. The van der Waals surface area contributed by atoms with E-state index in [2.05, 4.69) is 5.32 Å². The van der Waals surface area contributed by atoms with Crippen molar-refractivity contribution in [3.63, 3.8) is 0 Å². The minimum absolute atomic E-state index is 0.0633. The highest BCUT2D eigenvalue weighted by molar-refractivity contribution is 5.76. The predicted molar refractivity (Wildman–Crippen MR) is 94.4 cm³/mol. The lowest BCUT2D eigenvalue weighted by Gasteiger charge is -2.23. The van der Waals surface area contributed by atoms with Crippen molar-refractivity contribution in [2.75, 3.05) is 27.3 Å². The number of nitrogens with one attached hydrogen (secondary N) is 1. The first-order valence-electron chi connectivity index (χ1n) is 8.66.